The first-order chi connectivity index (χ1) is 9.88. The van der Waals surface area contributed by atoms with Gasteiger partial charge in [0.25, 0.3) is 0 Å². The average Bonchev–Trinajstić information content (AvgIpc) is 2.45. The van der Waals surface area contributed by atoms with Crippen molar-refractivity contribution in [3.63, 3.8) is 0 Å². The molecule has 0 heterocycles. The van der Waals surface area contributed by atoms with Crippen LogP contribution in [0.4, 0.5) is 4.39 Å². The third-order valence-corrected chi connectivity index (χ3v) is 5.59. The molecule has 3 nitrogen and oxygen atoms in total. The molecule has 0 fully saturated rings. The summed E-state index contributed by atoms with van der Waals surface area (Å²) in [4.78, 5) is 0.232. The Kier molecular flexibility index (Phi) is 5.34. The molecule has 1 N–H and O–H groups in total. The Balaban J connectivity index is 2.06. The van der Waals surface area contributed by atoms with Gasteiger partial charge in [0, 0.05) is 10.5 Å². The monoisotopic (exact) mass is 419 g/mol. The highest BCUT2D eigenvalue weighted by Crippen LogP contribution is 2.23. The van der Waals surface area contributed by atoms with Crippen molar-refractivity contribution in [2.24, 2.45) is 0 Å². The smallest absolute Gasteiger partial charge is 0.210 e. The number of halogens is 2. The lowest BCUT2D eigenvalue weighted by Gasteiger charge is -2.12. The van der Waals surface area contributed by atoms with Gasteiger partial charge in [-0.15, -0.1) is 0 Å². The van der Waals surface area contributed by atoms with Crippen molar-refractivity contribution in [1.82, 2.24) is 4.72 Å². The topological polar surface area (TPSA) is 46.2 Å². The van der Waals surface area contributed by atoms with E-state index < -0.39 is 10.0 Å². The summed E-state index contributed by atoms with van der Waals surface area (Å²) in [5, 5.41) is 0. The molecule has 0 aliphatic carbocycles. The van der Waals surface area contributed by atoms with E-state index in [0.29, 0.717) is 0 Å². The number of benzene rings is 2. The molecule has 0 aromatic heterocycles. The van der Waals surface area contributed by atoms with Crippen molar-refractivity contribution in [3.8, 4) is 0 Å². The zero-order valence-electron chi connectivity index (χ0n) is 11.4. The maximum atomic E-state index is 13.2. The van der Waals surface area contributed by atoms with Crippen molar-refractivity contribution < 1.29 is 12.8 Å². The van der Waals surface area contributed by atoms with Gasteiger partial charge >= 0.3 is 0 Å². The molecule has 0 bridgehead atoms. The predicted octanol–water partition coefficient (Wildman–Crippen LogP) is 3.59. The standard InChI is InChI=1S/C15H15FINO2S/c1-11-5-7-14(8-6-11)21(19,20)18-10-15(17)12-3-2-4-13(16)9-12/h2-9,15,18H,10H2,1H3. The van der Waals surface area contributed by atoms with Crippen LogP contribution in [0, 0.1) is 12.7 Å². The molecule has 2 aromatic rings. The minimum atomic E-state index is -3.54. The molecule has 0 saturated heterocycles. The molecule has 0 amide bonds. The summed E-state index contributed by atoms with van der Waals surface area (Å²) in [6, 6.07) is 12.8. The molecule has 0 saturated carbocycles. The van der Waals surface area contributed by atoms with Gasteiger partial charge in [-0.25, -0.2) is 17.5 Å². The Labute approximate surface area is 137 Å². The van der Waals surface area contributed by atoms with Gasteiger partial charge in [0.1, 0.15) is 5.82 Å². The lowest BCUT2D eigenvalue weighted by molar-refractivity contribution is 0.581. The van der Waals surface area contributed by atoms with Gasteiger partial charge in [-0.2, -0.15) is 0 Å². The first kappa shape index (κ1) is 16.4. The van der Waals surface area contributed by atoms with Crippen LogP contribution < -0.4 is 4.72 Å². The van der Waals surface area contributed by atoms with Crippen LogP contribution in [-0.2, 0) is 10.0 Å². The molecule has 112 valence electrons. The molecule has 1 unspecified atom stereocenters. The molecule has 2 rings (SSSR count). The molecular weight excluding hydrogens is 404 g/mol. The Hall–Kier alpha value is -0.990. The number of hydrogen-bond acceptors (Lipinski definition) is 2. The summed E-state index contributed by atoms with van der Waals surface area (Å²) in [5.41, 5.74) is 1.75. The molecule has 0 spiro atoms. The van der Waals surface area contributed by atoms with Gasteiger partial charge in [-0.05, 0) is 36.8 Å². The lowest BCUT2D eigenvalue weighted by Crippen LogP contribution is -2.27. The number of hydrogen-bond donors (Lipinski definition) is 1. The van der Waals surface area contributed by atoms with Gasteiger partial charge in [0.15, 0.2) is 0 Å². The number of sulfonamides is 1. The molecule has 21 heavy (non-hydrogen) atoms. The van der Waals surface area contributed by atoms with Crippen LogP contribution in [0.2, 0.25) is 0 Å². The Bertz CT molecular complexity index is 717. The van der Waals surface area contributed by atoms with Crippen LogP contribution in [0.1, 0.15) is 15.1 Å². The highest BCUT2D eigenvalue weighted by atomic mass is 127. The quantitative estimate of drug-likeness (QED) is 0.595. The minimum Gasteiger partial charge on any atom is -0.210 e. The summed E-state index contributed by atoms with van der Waals surface area (Å²) in [7, 11) is -3.54. The SMILES string of the molecule is Cc1ccc(S(=O)(=O)NCC(I)c2cccc(F)c2)cc1. The highest BCUT2D eigenvalue weighted by Gasteiger charge is 2.16. The summed E-state index contributed by atoms with van der Waals surface area (Å²) in [5.74, 6) is -0.324. The van der Waals surface area contributed by atoms with Crippen molar-refractivity contribution in [2.75, 3.05) is 6.54 Å². The minimum absolute atomic E-state index is 0.140. The van der Waals surface area contributed by atoms with Crippen LogP contribution in [0.3, 0.4) is 0 Å². The van der Waals surface area contributed by atoms with Crippen LogP contribution in [-0.4, -0.2) is 15.0 Å². The summed E-state index contributed by atoms with van der Waals surface area (Å²) >= 11 is 2.10. The van der Waals surface area contributed by atoms with Crippen LogP contribution in [0.15, 0.2) is 53.4 Å². The molecule has 0 aliphatic heterocycles. The van der Waals surface area contributed by atoms with E-state index >= 15 is 0 Å². The van der Waals surface area contributed by atoms with E-state index in [4.69, 9.17) is 0 Å². The molecule has 6 heteroatoms. The van der Waals surface area contributed by atoms with Crippen LogP contribution in [0.25, 0.3) is 0 Å². The second kappa shape index (κ2) is 6.85. The van der Waals surface area contributed by atoms with E-state index in [1.807, 2.05) is 6.92 Å². The number of rotatable bonds is 5. The zero-order chi connectivity index (χ0) is 15.5. The van der Waals surface area contributed by atoms with E-state index in [1.165, 1.54) is 12.1 Å². The summed E-state index contributed by atoms with van der Waals surface area (Å²) < 4.78 is 39.9. The molecular formula is C15H15FINO2S. The highest BCUT2D eigenvalue weighted by molar-refractivity contribution is 14.1. The fourth-order valence-corrected chi connectivity index (χ4v) is 3.76. The van der Waals surface area contributed by atoms with E-state index in [-0.39, 0.29) is 21.2 Å². The second-order valence-electron chi connectivity index (χ2n) is 4.69. The number of aryl methyl sites for hydroxylation is 1. The van der Waals surface area contributed by atoms with E-state index in [0.717, 1.165) is 11.1 Å². The van der Waals surface area contributed by atoms with Gasteiger partial charge in [0.2, 0.25) is 10.0 Å². The Morgan fingerprint density at radius 1 is 1.19 bits per heavy atom. The average molecular weight is 419 g/mol. The molecule has 2 aromatic carbocycles. The fraction of sp³-hybridized carbons (Fsp3) is 0.200. The largest absolute Gasteiger partial charge is 0.240 e. The second-order valence-corrected chi connectivity index (χ2v) is 7.96. The Morgan fingerprint density at radius 2 is 1.86 bits per heavy atom. The van der Waals surface area contributed by atoms with E-state index in [1.54, 1.807) is 36.4 Å². The third-order valence-electron chi connectivity index (χ3n) is 2.99. The predicted molar refractivity (Wildman–Crippen MR) is 89.5 cm³/mol. The van der Waals surface area contributed by atoms with E-state index in [2.05, 4.69) is 27.3 Å². The lowest BCUT2D eigenvalue weighted by atomic mass is 10.1. The zero-order valence-corrected chi connectivity index (χ0v) is 14.4. The summed E-state index contributed by atoms with van der Waals surface area (Å²) in [6.45, 7) is 2.11. The van der Waals surface area contributed by atoms with E-state index in [9.17, 15) is 12.8 Å². The fourth-order valence-electron chi connectivity index (χ4n) is 1.80. The Morgan fingerprint density at radius 3 is 2.48 bits per heavy atom. The molecule has 0 aliphatic rings. The van der Waals surface area contributed by atoms with Crippen LogP contribution in [0.5, 0.6) is 0 Å². The molecule has 0 radical (unpaired) electrons. The normalized spacial score (nSPS) is 13.1. The maximum absolute atomic E-state index is 13.2. The first-order valence-corrected chi connectivity index (χ1v) is 9.07. The van der Waals surface area contributed by atoms with Gasteiger partial charge in [-0.1, -0.05) is 52.4 Å². The van der Waals surface area contributed by atoms with Gasteiger partial charge in [0.05, 0.1) is 4.90 Å². The van der Waals surface area contributed by atoms with Crippen molar-refractivity contribution in [3.05, 3.63) is 65.5 Å². The van der Waals surface area contributed by atoms with Crippen molar-refractivity contribution in [2.45, 2.75) is 15.7 Å². The van der Waals surface area contributed by atoms with Gasteiger partial charge < -0.3 is 0 Å². The van der Waals surface area contributed by atoms with Gasteiger partial charge in [-0.3, -0.25) is 0 Å². The number of alkyl halides is 1. The van der Waals surface area contributed by atoms with Crippen LogP contribution >= 0.6 is 22.6 Å². The van der Waals surface area contributed by atoms with Crippen molar-refractivity contribution in [1.29, 1.82) is 0 Å². The maximum Gasteiger partial charge on any atom is 0.240 e. The van der Waals surface area contributed by atoms with Crippen molar-refractivity contribution >= 4 is 32.6 Å². The number of nitrogens with one attached hydrogen (secondary N) is 1. The molecule has 1 atom stereocenters. The third kappa shape index (κ3) is 4.49. The summed E-state index contributed by atoms with van der Waals surface area (Å²) in [6.07, 6.45) is 0. The first-order valence-electron chi connectivity index (χ1n) is 6.34.